The second-order valence-corrected chi connectivity index (χ2v) is 4.90. The van der Waals surface area contributed by atoms with Crippen LogP contribution in [0.25, 0.3) is 5.69 Å². The average molecular weight is 244 g/mol. The Hall–Kier alpha value is -1.81. The van der Waals surface area contributed by atoms with Crippen molar-refractivity contribution in [3.8, 4) is 5.69 Å². The molecule has 2 N–H and O–H groups in total. The summed E-state index contributed by atoms with van der Waals surface area (Å²) in [5.74, 6) is 0. The molecule has 0 aliphatic heterocycles. The summed E-state index contributed by atoms with van der Waals surface area (Å²) in [6, 6.07) is 7.41. The summed E-state index contributed by atoms with van der Waals surface area (Å²) in [6.45, 7) is 1.85. The number of aromatic nitrogens is 2. The number of rotatable bonds is 1. The summed E-state index contributed by atoms with van der Waals surface area (Å²) in [5.41, 5.74) is 3.69. The first-order valence-corrected chi connectivity index (χ1v) is 6.25. The lowest BCUT2D eigenvalue weighted by atomic mass is 9.89. The lowest BCUT2D eigenvalue weighted by molar-refractivity contribution is 0.156. The van der Waals surface area contributed by atoms with E-state index in [1.165, 1.54) is 10.2 Å². The van der Waals surface area contributed by atoms with Crippen molar-refractivity contribution in [2.75, 3.05) is 0 Å². The second-order valence-electron chi connectivity index (χ2n) is 4.90. The molecule has 18 heavy (non-hydrogen) atoms. The van der Waals surface area contributed by atoms with Gasteiger partial charge in [-0.2, -0.15) is 0 Å². The zero-order valence-corrected chi connectivity index (χ0v) is 10.3. The smallest absolute Gasteiger partial charge is 0.271 e. The van der Waals surface area contributed by atoms with E-state index in [0.717, 1.165) is 36.2 Å². The van der Waals surface area contributed by atoms with Crippen LogP contribution in [0.4, 0.5) is 0 Å². The molecule has 1 unspecified atom stereocenters. The fraction of sp³-hybridized carbons (Fsp3) is 0.357. The van der Waals surface area contributed by atoms with Crippen LogP contribution in [-0.2, 0) is 6.42 Å². The Morgan fingerprint density at radius 3 is 2.94 bits per heavy atom. The van der Waals surface area contributed by atoms with Gasteiger partial charge in [-0.15, -0.1) is 0 Å². The SMILES string of the molecule is Cc1cc(=O)n(-c2ccc3c(c2)C(O)CCC3)[nH]1. The zero-order valence-electron chi connectivity index (χ0n) is 10.3. The molecule has 94 valence electrons. The van der Waals surface area contributed by atoms with Crippen LogP contribution in [0.5, 0.6) is 0 Å². The molecule has 0 bridgehead atoms. The van der Waals surface area contributed by atoms with Gasteiger partial charge in [-0.05, 0) is 49.4 Å². The Morgan fingerprint density at radius 1 is 1.39 bits per heavy atom. The fourth-order valence-corrected chi connectivity index (χ4v) is 2.61. The first kappa shape index (κ1) is 11.3. The molecule has 2 aromatic rings. The van der Waals surface area contributed by atoms with Crippen molar-refractivity contribution < 1.29 is 5.11 Å². The largest absolute Gasteiger partial charge is 0.388 e. The number of aliphatic hydroxyl groups excluding tert-OH is 1. The zero-order chi connectivity index (χ0) is 12.7. The van der Waals surface area contributed by atoms with Crippen LogP contribution in [0.15, 0.2) is 29.1 Å². The van der Waals surface area contributed by atoms with Gasteiger partial charge in [-0.25, -0.2) is 4.68 Å². The van der Waals surface area contributed by atoms with Gasteiger partial charge in [-0.3, -0.25) is 9.89 Å². The Morgan fingerprint density at radius 2 is 2.22 bits per heavy atom. The molecule has 0 radical (unpaired) electrons. The lowest BCUT2D eigenvalue weighted by Gasteiger charge is -2.21. The normalized spacial score (nSPS) is 18.7. The summed E-state index contributed by atoms with van der Waals surface area (Å²) in [7, 11) is 0. The van der Waals surface area contributed by atoms with Gasteiger partial charge in [0.25, 0.3) is 5.56 Å². The summed E-state index contributed by atoms with van der Waals surface area (Å²) >= 11 is 0. The molecule has 3 rings (SSSR count). The van der Waals surface area contributed by atoms with Gasteiger partial charge in [0.1, 0.15) is 0 Å². The number of nitrogens with zero attached hydrogens (tertiary/aromatic N) is 1. The fourth-order valence-electron chi connectivity index (χ4n) is 2.61. The Bertz CT molecular complexity index is 639. The van der Waals surface area contributed by atoms with E-state index in [2.05, 4.69) is 5.10 Å². The molecule has 0 fully saturated rings. The van der Waals surface area contributed by atoms with E-state index in [9.17, 15) is 9.90 Å². The molecule has 0 saturated carbocycles. The molecule has 0 spiro atoms. The van der Waals surface area contributed by atoms with Gasteiger partial charge in [0, 0.05) is 11.8 Å². The Kier molecular flexibility index (Phi) is 2.59. The van der Waals surface area contributed by atoms with E-state index in [0.29, 0.717) is 0 Å². The molecule has 1 heterocycles. The maximum absolute atomic E-state index is 11.8. The van der Waals surface area contributed by atoms with E-state index in [1.54, 1.807) is 6.07 Å². The summed E-state index contributed by atoms with van der Waals surface area (Å²) in [4.78, 5) is 11.8. The first-order valence-electron chi connectivity index (χ1n) is 6.25. The monoisotopic (exact) mass is 244 g/mol. The Labute approximate surface area is 105 Å². The molecule has 1 aliphatic carbocycles. The number of nitrogens with one attached hydrogen (secondary N) is 1. The molecule has 1 aromatic heterocycles. The Balaban J connectivity index is 2.12. The average Bonchev–Trinajstić information content (AvgIpc) is 2.69. The topological polar surface area (TPSA) is 58.0 Å². The van der Waals surface area contributed by atoms with Crippen LogP contribution >= 0.6 is 0 Å². The van der Waals surface area contributed by atoms with Crippen LogP contribution in [0.3, 0.4) is 0 Å². The highest BCUT2D eigenvalue weighted by Crippen LogP contribution is 2.30. The van der Waals surface area contributed by atoms with Gasteiger partial charge in [-0.1, -0.05) is 6.07 Å². The standard InChI is InChI=1S/C14H16N2O2/c1-9-7-14(18)16(15-9)11-6-5-10-3-2-4-13(17)12(10)8-11/h5-8,13,15,17H,2-4H2,1H3. The number of benzene rings is 1. The van der Waals surface area contributed by atoms with Gasteiger partial charge in [0.05, 0.1) is 11.8 Å². The maximum Gasteiger partial charge on any atom is 0.271 e. The van der Waals surface area contributed by atoms with Crippen molar-refractivity contribution >= 4 is 0 Å². The van der Waals surface area contributed by atoms with Crippen LogP contribution in [0.2, 0.25) is 0 Å². The summed E-state index contributed by atoms with van der Waals surface area (Å²) < 4.78 is 1.51. The predicted octanol–water partition coefficient (Wildman–Crippen LogP) is 1.84. The van der Waals surface area contributed by atoms with E-state index in [-0.39, 0.29) is 5.56 Å². The number of aromatic amines is 1. The third-order valence-corrected chi connectivity index (χ3v) is 3.52. The van der Waals surface area contributed by atoms with Crippen molar-refractivity contribution in [2.24, 2.45) is 0 Å². The number of hydrogen-bond acceptors (Lipinski definition) is 2. The predicted molar refractivity (Wildman–Crippen MR) is 69.0 cm³/mol. The minimum atomic E-state index is -0.402. The molecule has 1 atom stereocenters. The third-order valence-electron chi connectivity index (χ3n) is 3.52. The van der Waals surface area contributed by atoms with Crippen molar-refractivity contribution in [1.82, 2.24) is 9.78 Å². The highest BCUT2D eigenvalue weighted by Gasteiger charge is 2.18. The molecule has 4 nitrogen and oxygen atoms in total. The number of aryl methyl sites for hydroxylation is 2. The highest BCUT2D eigenvalue weighted by molar-refractivity contribution is 5.42. The molecule has 4 heteroatoms. The quantitative estimate of drug-likeness (QED) is 0.804. The minimum Gasteiger partial charge on any atom is -0.388 e. The van der Waals surface area contributed by atoms with Crippen molar-refractivity contribution in [1.29, 1.82) is 0 Å². The number of hydrogen-bond donors (Lipinski definition) is 2. The van der Waals surface area contributed by atoms with E-state index in [1.807, 2.05) is 25.1 Å². The number of fused-ring (bicyclic) bond motifs is 1. The third kappa shape index (κ3) is 1.78. The van der Waals surface area contributed by atoms with E-state index in [4.69, 9.17) is 0 Å². The summed E-state index contributed by atoms with van der Waals surface area (Å²) in [5, 5.41) is 13.0. The van der Waals surface area contributed by atoms with Gasteiger partial charge < -0.3 is 5.11 Å². The molecule has 1 aromatic carbocycles. The molecular weight excluding hydrogens is 228 g/mol. The molecular formula is C14H16N2O2. The number of H-pyrrole nitrogens is 1. The number of aliphatic hydroxyl groups is 1. The highest BCUT2D eigenvalue weighted by atomic mass is 16.3. The molecule has 0 saturated heterocycles. The van der Waals surface area contributed by atoms with Crippen LogP contribution in [0.1, 0.15) is 35.8 Å². The maximum atomic E-state index is 11.8. The van der Waals surface area contributed by atoms with Crippen LogP contribution in [0, 0.1) is 6.92 Å². The molecule has 0 amide bonds. The van der Waals surface area contributed by atoms with Gasteiger partial charge >= 0.3 is 0 Å². The van der Waals surface area contributed by atoms with Crippen LogP contribution in [-0.4, -0.2) is 14.9 Å². The second kappa shape index (κ2) is 4.14. The van der Waals surface area contributed by atoms with E-state index >= 15 is 0 Å². The minimum absolute atomic E-state index is 0.0715. The van der Waals surface area contributed by atoms with Crippen molar-refractivity contribution in [3.05, 3.63) is 51.4 Å². The van der Waals surface area contributed by atoms with E-state index < -0.39 is 6.10 Å². The summed E-state index contributed by atoms with van der Waals surface area (Å²) in [6.07, 6.45) is 2.43. The van der Waals surface area contributed by atoms with Crippen molar-refractivity contribution in [3.63, 3.8) is 0 Å². The first-order chi connectivity index (χ1) is 8.65. The van der Waals surface area contributed by atoms with Gasteiger partial charge in [0.2, 0.25) is 0 Å². The lowest BCUT2D eigenvalue weighted by Crippen LogP contribution is -2.16. The van der Waals surface area contributed by atoms with Crippen LogP contribution < -0.4 is 5.56 Å². The molecule has 1 aliphatic rings. The van der Waals surface area contributed by atoms with Gasteiger partial charge in [0.15, 0.2) is 0 Å². The van der Waals surface area contributed by atoms with Crippen molar-refractivity contribution in [2.45, 2.75) is 32.3 Å².